The van der Waals surface area contributed by atoms with Crippen LogP contribution >= 0.6 is 12.4 Å². The minimum Gasteiger partial charge on any atom is -0.366 e. The molecule has 1 heterocycles. The number of nitrogens with two attached hydrogens (primary N) is 1. The van der Waals surface area contributed by atoms with Crippen LogP contribution in [0.3, 0.4) is 0 Å². The number of piperidine rings is 1. The average Bonchev–Trinajstić information content (AvgIpc) is 2.41. The Hall–Kier alpha value is -1.59. The lowest BCUT2D eigenvalue weighted by Crippen LogP contribution is -2.37. The lowest BCUT2D eigenvalue weighted by atomic mass is 9.98. The van der Waals surface area contributed by atoms with Gasteiger partial charge in [-0.15, -0.1) is 12.4 Å². The number of carbonyl (C=O) groups excluding carboxylic acids is 2. The zero-order chi connectivity index (χ0) is 13.8. The Labute approximate surface area is 124 Å². The molecule has 1 saturated heterocycles. The SMILES string of the molecule is Cc1ccc(NC(=O)C2CCCNC2)cc1C(N)=O.Cl. The molecule has 1 aliphatic rings. The molecule has 0 spiro atoms. The second-order valence-electron chi connectivity index (χ2n) is 4.93. The largest absolute Gasteiger partial charge is 0.366 e. The van der Waals surface area contributed by atoms with Gasteiger partial charge in [0.15, 0.2) is 0 Å². The molecule has 1 unspecified atom stereocenters. The Morgan fingerprint density at radius 3 is 2.75 bits per heavy atom. The highest BCUT2D eigenvalue weighted by Gasteiger charge is 2.21. The van der Waals surface area contributed by atoms with E-state index in [-0.39, 0.29) is 24.2 Å². The maximum atomic E-state index is 12.1. The number of rotatable bonds is 3. The standard InChI is InChI=1S/C14H19N3O2.ClH/c1-9-4-5-11(7-12(9)13(15)18)17-14(19)10-3-2-6-16-8-10;/h4-5,7,10,16H,2-3,6,8H2,1H3,(H2,15,18)(H,17,19);1H. The van der Waals surface area contributed by atoms with Crippen LogP contribution in [0.15, 0.2) is 18.2 Å². The number of aryl methyl sites for hydroxylation is 1. The molecule has 5 nitrogen and oxygen atoms in total. The second kappa shape index (κ2) is 7.26. The van der Waals surface area contributed by atoms with Crippen molar-refractivity contribution in [3.8, 4) is 0 Å². The number of carbonyl (C=O) groups is 2. The highest BCUT2D eigenvalue weighted by Crippen LogP contribution is 2.17. The molecule has 1 aromatic carbocycles. The van der Waals surface area contributed by atoms with E-state index in [1.54, 1.807) is 18.2 Å². The summed E-state index contributed by atoms with van der Waals surface area (Å²) in [5, 5.41) is 6.05. The summed E-state index contributed by atoms with van der Waals surface area (Å²) < 4.78 is 0. The first kappa shape index (κ1) is 16.5. The number of anilines is 1. The Kier molecular flexibility index (Phi) is 5.98. The maximum absolute atomic E-state index is 12.1. The van der Waals surface area contributed by atoms with Crippen molar-refractivity contribution in [3.05, 3.63) is 29.3 Å². The summed E-state index contributed by atoms with van der Waals surface area (Å²) in [7, 11) is 0. The van der Waals surface area contributed by atoms with Crippen LogP contribution in [0.2, 0.25) is 0 Å². The molecule has 1 fully saturated rings. The maximum Gasteiger partial charge on any atom is 0.249 e. The molecule has 0 radical (unpaired) electrons. The molecular weight excluding hydrogens is 278 g/mol. The number of amides is 2. The van der Waals surface area contributed by atoms with Crippen molar-refractivity contribution in [2.24, 2.45) is 11.7 Å². The van der Waals surface area contributed by atoms with E-state index >= 15 is 0 Å². The van der Waals surface area contributed by atoms with E-state index in [1.165, 1.54) is 0 Å². The van der Waals surface area contributed by atoms with Gasteiger partial charge in [-0.25, -0.2) is 0 Å². The number of halogens is 1. The Morgan fingerprint density at radius 1 is 1.40 bits per heavy atom. The average molecular weight is 298 g/mol. The van der Waals surface area contributed by atoms with Crippen LogP contribution in [-0.2, 0) is 4.79 Å². The highest BCUT2D eigenvalue weighted by atomic mass is 35.5. The molecule has 1 aliphatic heterocycles. The van der Waals surface area contributed by atoms with Crippen LogP contribution in [0.25, 0.3) is 0 Å². The lowest BCUT2D eigenvalue weighted by Gasteiger charge is -2.22. The van der Waals surface area contributed by atoms with Crippen LogP contribution in [0, 0.1) is 12.8 Å². The molecule has 0 bridgehead atoms. The predicted octanol–water partition coefficient (Wildman–Crippen LogP) is 1.45. The molecule has 4 N–H and O–H groups in total. The van der Waals surface area contributed by atoms with Crippen LogP contribution < -0.4 is 16.4 Å². The number of hydrogen-bond donors (Lipinski definition) is 3. The summed E-state index contributed by atoms with van der Waals surface area (Å²) in [6, 6.07) is 5.20. The first-order valence-corrected chi connectivity index (χ1v) is 6.50. The van der Waals surface area contributed by atoms with Gasteiger partial charge in [0.1, 0.15) is 0 Å². The van der Waals surface area contributed by atoms with Gasteiger partial charge in [0, 0.05) is 17.8 Å². The number of hydrogen-bond acceptors (Lipinski definition) is 3. The molecule has 2 amide bonds. The van der Waals surface area contributed by atoms with Gasteiger partial charge < -0.3 is 16.4 Å². The third-order valence-electron chi connectivity index (χ3n) is 3.44. The summed E-state index contributed by atoms with van der Waals surface area (Å²) >= 11 is 0. The zero-order valence-electron chi connectivity index (χ0n) is 11.4. The van der Waals surface area contributed by atoms with Crippen LogP contribution in [0.4, 0.5) is 5.69 Å². The van der Waals surface area contributed by atoms with Crippen molar-refractivity contribution in [2.75, 3.05) is 18.4 Å². The van der Waals surface area contributed by atoms with Gasteiger partial charge in [-0.2, -0.15) is 0 Å². The first-order valence-electron chi connectivity index (χ1n) is 6.50. The van der Waals surface area contributed by atoms with Crippen molar-refractivity contribution in [1.29, 1.82) is 0 Å². The van der Waals surface area contributed by atoms with E-state index in [0.717, 1.165) is 24.9 Å². The van der Waals surface area contributed by atoms with Crippen molar-refractivity contribution in [3.63, 3.8) is 0 Å². The fourth-order valence-corrected chi connectivity index (χ4v) is 2.29. The first-order chi connectivity index (χ1) is 9.08. The molecule has 0 saturated carbocycles. The minimum absolute atomic E-state index is 0. The van der Waals surface area contributed by atoms with E-state index < -0.39 is 5.91 Å². The zero-order valence-corrected chi connectivity index (χ0v) is 12.3. The molecule has 2 rings (SSSR count). The van der Waals surface area contributed by atoms with E-state index in [0.29, 0.717) is 17.8 Å². The van der Waals surface area contributed by atoms with Gasteiger partial charge in [-0.3, -0.25) is 9.59 Å². The van der Waals surface area contributed by atoms with Crippen LogP contribution in [0.5, 0.6) is 0 Å². The van der Waals surface area contributed by atoms with Gasteiger partial charge in [0.25, 0.3) is 0 Å². The summed E-state index contributed by atoms with van der Waals surface area (Å²) in [6.45, 7) is 3.50. The van der Waals surface area contributed by atoms with Gasteiger partial charge >= 0.3 is 0 Å². The molecule has 1 aromatic rings. The molecule has 6 heteroatoms. The third kappa shape index (κ3) is 3.95. The van der Waals surface area contributed by atoms with Crippen molar-refractivity contribution in [1.82, 2.24) is 5.32 Å². The molecule has 1 atom stereocenters. The van der Waals surface area contributed by atoms with Crippen LogP contribution in [-0.4, -0.2) is 24.9 Å². The third-order valence-corrected chi connectivity index (χ3v) is 3.44. The Morgan fingerprint density at radius 2 is 2.15 bits per heavy atom. The Bertz CT molecular complexity index is 499. The van der Waals surface area contributed by atoms with Crippen molar-refractivity contribution < 1.29 is 9.59 Å². The van der Waals surface area contributed by atoms with E-state index in [2.05, 4.69) is 10.6 Å². The van der Waals surface area contributed by atoms with Gasteiger partial charge in [0.05, 0.1) is 5.92 Å². The van der Waals surface area contributed by atoms with Gasteiger partial charge in [-0.05, 0) is 44.0 Å². The molecule has 0 aliphatic carbocycles. The number of benzene rings is 1. The van der Waals surface area contributed by atoms with Gasteiger partial charge in [-0.1, -0.05) is 6.07 Å². The normalized spacial score (nSPS) is 17.9. The number of nitrogens with one attached hydrogen (secondary N) is 2. The van der Waals surface area contributed by atoms with Crippen molar-refractivity contribution >= 4 is 29.9 Å². The van der Waals surface area contributed by atoms with Crippen molar-refractivity contribution in [2.45, 2.75) is 19.8 Å². The summed E-state index contributed by atoms with van der Waals surface area (Å²) in [6.07, 6.45) is 1.91. The van der Waals surface area contributed by atoms with Crippen LogP contribution in [0.1, 0.15) is 28.8 Å². The molecular formula is C14H20ClN3O2. The molecule has 0 aromatic heterocycles. The van der Waals surface area contributed by atoms with Gasteiger partial charge in [0.2, 0.25) is 11.8 Å². The predicted molar refractivity (Wildman–Crippen MR) is 81.2 cm³/mol. The molecule has 110 valence electrons. The summed E-state index contributed by atoms with van der Waals surface area (Å²) in [4.78, 5) is 23.3. The quantitative estimate of drug-likeness (QED) is 0.789. The summed E-state index contributed by atoms with van der Waals surface area (Å²) in [5.41, 5.74) is 7.17. The fraction of sp³-hybridized carbons (Fsp3) is 0.429. The second-order valence-corrected chi connectivity index (χ2v) is 4.93. The van der Waals surface area contributed by atoms with E-state index in [4.69, 9.17) is 5.73 Å². The smallest absolute Gasteiger partial charge is 0.249 e. The Balaban J connectivity index is 0.00000200. The highest BCUT2D eigenvalue weighted by molar-refractivity contribution is 5.98. The van der Waals surface area contributed by atoms with E-state index in [1.807, 2.05) is 6.92 Å². The van der Waals surface area contributed by atoms with E-state index in [9.17, 15) is 9.59 Å². The monoisotopic (exact) mass is 297 g/mol. The minimum atomic E-state index is -0.479. The summed E-state index contributed by atoms with van der Waals surface area (Å²) in [5.74, 6) is -0.494. The molecule has 20 heavy (non-hydrogen) atoms. The fourth-order valence-electron chi connectivity index (χ4n) is 2.29. The number of primary amides is 1. The topological polar surface area (TPSA) is 84.2 Å². The lowest BCUT2D eigenvalue weighted by molar-refractivity contribution is -0.120.